The zero-order chi connectivity index (χ0) is 21.5. The molecular formula is C20H21BrClN3O4S2. The van der Waals surface area contributed by atoms with Crippen molar-refractivity contribution in [3.8, 4) is 22.8 Å². The number of benzene rings is 2. The molecule has 7 nitrogen and oxygen atoms in total. The van der Waals surface area contributed by atoms with Gasteiger partial charge in [0.25, 0.3) is 0 Å². The Morgan fingerprint density at radius 2 is 1.84 bits per heavy atom. The number of rotatable bonds is 4. The largest absolute Gasteiger partial charge is 0.486 e. The van der Waals surface area contributed by atoms with Crippen molar-refractivity contribution in [1.29, 1.82) is 0 Å². The molecule has 0 N–H and O–H groups in total. The SMILES string of the molecule is Br.CN(C)S(=O)(=O)c1cccc(-c2csc(=Nc3ccc4c(c3)OCCO4)n2C)c1Cl. The van der Waals surface area contributed by atoms with Gasteiger partial charge in [0.1, 0.15) is 18.1 Å². The van der Waals surface area contributed by atoms with Crippen LogP contribution in [0.4, 0.5) is 5.69 Å². The third kappa shape index (κ3) is 4.54. The highest BCUT2D eigenvalue weighted by atomic mass is 79.9. The van der Waals surface area contributed by atoms with E-state index in [1.807, 2.05) is 35.2 Å². The number of aromatic nitrogens is 1. The van der Waals surface area contributed by atoms with Crippen LogP contribution in [0, 0.1) is 0 Å². The van der Waals surface area contributed by atoms with Gasteiger partial charge in [-0.3, -0.25) is 0 Å². The van der Waals surface area contributed by atoms with Gasteiger partial charge < -0.3 is 14.0 Å². The summed E-state index contributed by atoms with van der Waals surface area (Å²) >= 11 is 7.95. The number of hydrogen-bond acceptors (Lipinski definition) is 6. The highest BCUT2D eigenvalue weighted by Crippen LogP contribution is 2.35. The maximum atomic E-state index is 12.6. The Hall–Kier alpha value is -1.85. The molecule has 0 saturated heterocycles. The number of fused-ring (bicyclic) bond motifs is 1. The number of halogens is 2. The van der Waals surface area contributed by atoms with Gasteiger partial charge in [-0.15, -0.1) is 28.3 Å². The van der Waals surface area contributed by atoms with Gasteiger partial charge in [-0.05, 0) is 18.2 Å². The van der Waals surface area contributed by atoms with E-state index in [9.17, 15) is 8.42 Å². The number of hydrogen-bond donors (Lipinski definition) is 0. The first-order valence-corrected chi connectivity index (χ1v) is 11.8. The topological polar surface area (TPSA) is 73.1 Å². The molecule has 31 heavy (non-hydrogen) atoms. The minimum atomic E-state index is -3.66. The van der Waals surface area contributed by atoms with Gasteiger partial charge in [-0.1, -0.05) is 23.7 Å². The van der Waals surface area contributed by atoms with Crippen LogP contribution >= 0.6 is 39.9 Å². The van der Waals surface area contributed by atoms with Gasteiger partial charge in [0.2, 0.25) is 10.0 Å². The fourth-order valence-electron chi connectivity index (χ4n) is 3.03. The van der Waals surface area contributed by atoms with Gasteiger partial charge >= 0.3 is 0 Å². The standard InChI is InChI=1S/C20H20ClN3O4S2.BrH/c1-23(2)30(25,26)18-6-4-5-14(19(18)21)15-12-29-20(24(15)3)22-13-7-8-16-17(11-13)28-10-9-27-16;/h4-8,11-12H,9-10H2,1-3H3;1H. The van der Waals surface area contributed by atoms with Crippen molar-refractivity contribution in [2.75, 3.05) is 27.3 Å². The average Bonchev–Trinajstić information content (AvgIpc) is 3.08. The van der Waals surface area contributed by atoms with Gasteiger partial charge in [0, 0.05) is 38.2 Å². The number of thiazole rings is 1. The maximum absolute atomic E-state index is 12.6. The Balaban J connectivity index is 0.00000272. The average molecular weight is 547 g/mol. The molecule has 0 fully saturated rings. The third-order valence-corrected chi connectivity index (χ3v) is 7.97. The van der Waals surface area contributed by atoms with E-state index < -0.39 is 10.0 Å². The van der Waals surface area contributed by atoms with Crippen LogP contribution in [-0.4, -0.2) is 44.6 Å². The highest BCUT2D eigenvalue weighted by Gasteiger charge is 2.23. The normalized spacial score (nSPS) is 13.9. The summed E-state index contributed by atoms with van der Waals surface area (Å²) in [5, 5.41) is 2.09. The molecule has 0 aliphatic carbocycles. The highest BCUT2D eigenvalue weighted by molar-refractivity contribution is 8.93. The molecule has 2 aromatic carbocycles. The van der Waals surface area contributed by atoms with Crippen LogP contribution in [0.2, 0.25) is 5.02 Å². The predicted octanol–water partition coefficient (Wildman–Crippen LogP) is 4.24. The fraction of sp³-hybridized carbons (Fsp3) is 0.250. The summed E-state index contributed by atoms with van der Waals surface area (Å²) in [7, 11) is 1.17. The molecule has 166 valence electrons. The summed E-state index contributed by atoms with van der Waals surface area (Å²) in [4.78, 5) is 5.51. The minimum absolute atomic E-state index is 0. The summed E-state index contributed by atoms with van der Waals surface area (Å²) in [5.74, 6) is 1.38. The van der Waals surface area contributed by atoms with E-state index >= 15 is 0 Å². The van der Waals surface area contributed by atoms with Crippen LogP contribution in [0.5, 0.6) is 11.5 Å². The quantitative estimate of drug-likeness (QED) is 0.491. The molecule has 1 aliphatic heterocycles. The third-order valence-electron chi connectivity index (χ3n) is 4.67. The molecule has 0 saturated carbocycles. The first-order chi connectivity index (χ1) is 14.3. The molecule has 0 spiro atoms. The second kappa shape index (κ2) is 9.33. The Kier molecular flexibility index (Phi) is 7.17. The van der Waals surface area contributed by atoms with E-state index in [0.29, 0.717) is 30.3 Å². The molecule has 2 heterocycles. The summed E-state index contributed by atoms with van der Waals surface area (Å²) in [6.45, 7) is 1.05. The molecule has 1 aromatic heterocycles. The number of ether oxygens (including phenoxy) is 2. The Bertz CT molecular complexity index is 1290. The van der Waals surface area contributed by atoms with E-state index in [-0.39, 0.29) is 26.9 Å². The summed E-state index contributed by atoms with van der Waals surface area (Å²) in [6.07, 6.45) is 0. The van der Waals surface area contributed by atoms with Crippen LogP contribution < -0.4 is 14.3 Å². The lowest BCUT2D eigenvalue weighted by atomic mass is 10.2. The zero-order valence-corrected chi connectivity index (χ0v) is 21.1. The lowest BCUT2D eigenvalue weighted by Gasteiger charge is -2.18. The van der Waals surface area contributed by atoms with E-state index in [2.05, 4.69) is 0 Å². The number of nitrogens with zero attached hydrogens (tertiary/aromatic N) is 3. The first kappa shape index (κ1) is 23.8. The van der Waals surface area contributed by atoms with Crippen molar-refractivity contribution in [2.24, 2.45) is 12.0 Å². The molecule has 0 unspecified atom stereocenters. The van der Waals surface area contributed by atoms with E-state index in [0.717, 1.165) is 20.5 Å². The van der Waals surface area contributed by atoms with Crippen molar-refractivity contribution >= 4 is 55.6 Å². The van der Waals surface area contributed by atoms with Crippen LogP contribution in [0.3, 0.4) is 0 Å². The molecule has 0 radical (unpaired) electrons. The molecule has 0 atom stereocenters. The van der Waals surface area contributed by atoms with Crippen molar-refractivity contribution < 1.29 is 17.9 Å². The maximum Gasteiger partial charge on any atom is 0.244 e. The second-order valence-electron chi connectivity index (χ2n) is 6.81. The summed E-state index contributed by atoms with van der Waals surface area (Å²) < 4.78 is 39.4. The van der Waals surface area contributed by atoms with Crippen LogP contribution in [0.15, 0.2) is 51.7 Å². The van der Waals surface area contributed by atoms with Crippen LogP contribution in [0.1, 0.15) is 0 Å². The van der Waals surface area contributed by atoms with Gasteiger partial charge in [0.15, 0.2) is 16.3 Å². The smallest absolute Gasteiger partial charge is 0.244 e. The molecule has 4 rings (SSSR count). The Labute approximate surface area is 200 Å². The minimum Gasteiger partial charge on any atom is -0.486 e. The van der Waals surface area contributed by atoms with Crippen molar-refractivity contribution in [1.82, 2.24) is 8.87 Å². The Morgan fingerprint density at radius 3 is 2.55 bits per heavy atom. The summed E-state index contributed by atoms with van der Waals surface area (Å²) in [5.41, 5.74) is 2.14. The monoisotopic (exact) mass is 545 g/mol. The number of sulfonamides is 1. The first-order valence-electron chi connectivity index (χ1n) is 9.09. The summed E-state index contributed by atoms with van der Waals surface area (Å²) in [6, 6.07) is 10.5. The lowest BCUT2D eigenvalue weighted by molar-refractivity contribution is 0.171. The van der Waals surface area contributed by atoms with Crippen LogP contribution in [0.25, 0.3) is 11.3 Å². The van der Waals surface area contributed by atoms with Crippen molar-refractivity contribution in [3.05, 3.63) is 51.6 Å². The van der Waals surface area contributed by atoms with E-state index in [1.165, 1.54) is 31.5 Å². The predicted molar refractivity (Wildman–Crippen MR) is 128 cm³/mol. The fourth-order valence-corrected chi connectivity index (χ4v) is 5.44. The van der Waals surface area contributed by atoms with Gasteiger partial charge in [0.05, 0.1) is 16.4 Å². The van der Waals surface area contributed by atoms with Gasteiger partial charge in [-0.25, -0.2) is 17.7 Å². The van der Waals surface area contributed by atoms with Crippen LogP contribution in [-0.2, 0) is 17.1 Å². The Morgan fingerprint density at radius 1 is 1.13 bits per heavy atom. The lowest BCUT2D eigenvalue weighted by Crippen LogP contribution is -2.22. The molecule has 0 amide bonds. The molecule has 11 heteroatoms. The molecular weight excluding hydrogens is 526 g/mol. The molecule has 1 aliphatic rings. The zero-order valence-electron chi connectivity index (χ0n) is 17.0. The molecule has 3 aromatic rings. The van der Waals surface area contributed by atoms with E-state index in [4.69, 9.17) is 26.1 Å². The molecule has 0 bridgehead atoms. The van der Waals surface area contributed by atoms with Crippen molar-refractivity contribution in [2.45, 2.75) is 4.90 Å². The second-order valence-corrected chi connectivity index (χ2v) is 10.1. The van der Waals surface area contributed by atoms with Gasteiger partial charge in [-0.2, -0.15) is 0 Å². The van der Waals surface area contributed by atoms with Crippen molar-refractivity contribution in [3.63, 3.8) is 0 Å². The van der Waals surface area contributed by atoms with E-state index in [1.54, 1.807) is 12.1 Å².